The first-order valence-electron chi connectivity index (χ1n) is 5.89. The normalized spacial score (nSPS) is 10.5. The summed E-state index contributed by atoms with van der Waals surface area (Å²) in [5, 5.41) is 10.8. The Morgan fingerprint density at radius 1 is 1.32 bits per heavy atom. The molecule has 1 aromatic carbocycles. The predicted octanol–water partition coefficient (Wildman–Crippen LogP) is 1.12. The minimum Gasteiger partial charge on any atom is -0.480 e. The van der Waals surface area contributed by atoms with Gasteiger partial charge < -0.3 is 10.4 Å². The third-order valence-electron chi connectivity index (χ3n) is 2.55. The van der Waals surface area contributed by atoms with Gasteiger partial charge in [-0.1, -0.05) is 28.1 Å². The zero-order valence-corrected chi connectivity index (χ0v) is 12.3. The molecule has 0 bridgehead atoms. The number of carboxylic acid groups (broad SMARTS) is 1. The third kappa shape index (κ3) is 6.93. The lowest BCUT2D eigenvalue weighted by Crippen LogP contribution is -2.38. The van der Waals surface area contributed by atoms with Crippen LogP contribution >= 0.6 is 15.9 Å². The quantitative estimate of drug-likeness (QED) is 0.787. The molecular weight excluding hydrogens is 312 g/mol. The maximum Gasteiger partial charge on any atom is 0.322 e. The van der Waals surface area contributed by atoms with Crippen molar-refractivity contribution >= 4 is 27.8 Å². The number of halogens is 1. The molecule has 1 aromatic rings. The zero-order valence-electron chi connectivity index (χ0n) is 10.7. The van der Waals surface area contributed by atoms with Crippen molar-refractivity contribution in [1.29, 1.82) is 0 Å². The number of carboxylic acids is 1. The molecule has 104 valence electrons. The smallest absolute Gasteiger partial charge is 0.322 e. The summed E-state index contributed by atoms with van der Waals surface area (Å²) in [6.45, 7) is 0.602. The summed E-state index contributed by atoms with van der Waals surface area (Å²) in [4.78, 5) is 23.5. The molecule has 1 rings (SSSR count). The highest BCUT2D eigenvalue weighted by molar-refractivity contribution is 9.10. The molecular formula is C13H17BrN2O3. The summed E-state index contributed by atoms with van der Waals surface area (Å²) in [7, 11) is 1.83. The molecule has 0 heterocycles. The summed E-state index contributed by atoms with van der Waals surface area (Å²) in [6.07, 6.45) is 0.843. The Morgan fingerprint density at radius 2 is 1.95 bits per heavy atom. The van der Waals surface area contributed by atoms with Gasteiger partial charge in [0.25, 0.3) is 0 Å². The number of nitrogens with one attached hydrogen (secondary N) is 1. The molecule has 0 aliphatic rings. The standard InChI is InChI=1S/C13H17BrN2O3/c1-16(9-12(17)15-8-13(18)19)7-6-10-2-4-11(14)5-3-10/h2-5H,6-9H2,1H3,(H,15,17)(H,18,19). The summed E-state index contributed by atoms with van der Waals surface area (Å²) in [6, 6.07) is 8.02. The summed E-state index contributed by atoms with van der Waals surface area (Å²) in [5.74, 6) is -1.31. The van der Waals surface area contributed by atoms with Crippen LogP contribution in [0, 0.1) is 0 Å². The molecule has 0 saturated heterocycles. The largest absolute Gasteiger partial charge is 0.480 e. The van der Waals surface area contributed by atoms with Gasteiger partial charge in [-0.05, 0) is 31.2 Å². The van der Waals surface area contributed by atoms with Crippen molar-refractivity contribution in [2.75, 3.05) is 26.7 Å². The summed E-state index contributed by atoms with van der Waals surface area (Å²) in [5.41, 5.74) is 1.20. The van der Waals surface area contributed by atoms with Gasteiger partial charge in [-0.25, -0.2) is 0 Å². The van der Waals surface area contributed by atoms with Crippen LogP contribution in [0.2, 0.25) is 0 Å². The second kappa shape index (κ2) is 7.91. The Balaban J connectivity index is 2.27. The van der Waals surface area contributed by atoms with Gasteiger partial charge >= 0.3 is 5.97 Å². The van der Waals surface area contributed by atoms with E-state index in [-0.39, 0.29) is 19.0 Å². The van der Waals surface area contributed by atoms with Crippen LogP contribution in [0.4, 0.5) is 0 Å². The van der Waals surface area contributed by atoms with Crippen molar-refractivity contribution in [2.45, 2.75) is 6.42 Å². The number of nitrogens with zero attached hydrogens (tertiary/aromatic N) is 1. The van der Waals surface area contributed by atoms with E-state index < -0.39 is 5.97 Å². The van der Waals surface area contributed by atoms with Crippen molar-refractivity contribution < 1.29 is 14.7 Å². The van der Waals surface area contributed by atoms with Gasteiger partial charge in [0.05, 0.1) is 6.54 Å². The van der Waals surface area contributed by atoms with Crippen LogP contribution < -0.4 is 5.32 Å². The number of likely N-dealkylation sites (N-methyl/N-ethyl adjacent to an activating group) is 1. The van der Waals surface area contributed by atoms with Crippen molar-refractivity contribution in [1.82, 2.24) is 10.2 Å². The average molecular weight is 329 g/mol. The molecule has 0 aromatic heterocycles. The third-order valence-corrected chi connectivity index (χ3v) is 3.07. The minimum absolute atomic E-state index is 0.198. The van der Waals surface area contributed by atoms with E-state index >= 15 is 0 Å². The molecule has 0 fully saturated rings. The first kappa shape index (κ1) is 15.7. The second-order valence-electron chi connectivity index (χ2n) is 4.28. The Hall–Kier alpha value is -1.40. The number of carbonyl (C=O) groups excluding carboxylic acids is 1. The fourth-order valence-corrected chi connectivity index (χ4v) is 1.79. The lowest BCUT2D eigenvalue weighted by atomic mass is 10.1. The number of rotatable bonds is 7. The molecule has 19 heavy (non-hydrogen) atoms. The highest BCUT2D eigenvalue weighted by Gasteiger charge is 2.07. The lowest BCUT2D eigenvalue weighted by Gasteiger charge is -2.15. The summed E-state index contributed by atoms with van der Waals surface area (Å²) >= 11 is 3.38. The van der Waals surface area contributed by atoms with Crippen LogP contribution in [0.3, 0.4) is 0 Å². The molecule has 5 nitrogen and oxygen atoms in total. The Labute approximate surface area is 120 Å². The first-order chi connectivity index (χ1) is 8.97. The monoisotopic (exact) mass is 328 g/mol. The van der Waals surface area contributed by atoms with Crippen LogP contribution in [0.25, 0.3) is 0 Å². The first-order valence-corrected chi connectivity index (χ1v) is 6.68. The molecule has 2 N–H and O–H groups in total. The van der Waals surface area contributed by atoms with Gasteiger partial charge in [-0.2, -0.15) is 0 Å². The Morgan fingerprint density at radius 3 is 2.53 bits per heavy atom. The van der Waals surface area contributed by atoms with Gasteiger partial charge in [-0.15, -0.1) is 0 Å². The van der Waals surface area contributed by atoms with Gasteiger partial charge in [-0.3, -0.25) is 14.5 Å². The predicted molar refractivity (Wildman–Crippen MR) is 76.0 cm³/mol. The molecule has 0 radical (unpaired) electrons. The molecule has 0 spiro atoms. The summed E-state index contributed by atoms with van der Waals surface area (Å²) < 4.78 is 1.04. The van der Waals surface area contributed by atoms with Gasteiger partial charge in [0.1, 0.15) is 6.54 Å². The number of aliphatic carboxylic acids is 1. The van der Waals surface area contributed by atoms with Crippen molar-refractivity contribution in [2.24, 2.45) is 0 Å². The van der Waals surface area contributed by atoms with E-state index in [1.54, 1.807) is 0 Å². The van der Waals surface area contributed by atoms with E-state index in [1.807, 2.05) is 36.2 Å². The maximum absolute atomic E-state index is 11.4. The van der Waals surface area contributed by atoms with E-state index in [0.717, 1.165) is 17.4 Å². The minimum atomic E-state index is -1.04. The molecule has 0 unspecified atom stereocenters. The molecule has 0 aliphatic carbocycles. The molecule has 0 atom stereocenters. The van der Waals surface area contributed by atoms with Crippen molar-refractivity contribution in [3.63, 3.8) is 0 Å². The second-order valence-corrected chi connectivity index (χ2v) is 5.20. The van der Waals surface area contributed by atoms with Crippen LogP contribution in [-0.2, 0) is 16.0 Å². The van der Waals surface area contributed by atoms with Gasteiger partial charge in [0.15, 0.2) is 0 Å². The Kier molecular flexibility index (Phi) is 6.52. The van der Waals surface area contributed by atoms with Crippen LogP contribution in [0.15, 0.2) is 28.7 Å². The van der Waals surface area contributed by atoms with Crippen molar-refractivity contribution in [3.05, 3.63) is 34.3 Å². The van der Waals surface area contributed by atoms with E-state index in [4.69, 9.17) is 5.11 Å². The van der Waals surface area contributed by atoms with Crippen LogP contribution in [-0.4, -0.2) is 48.6 Å². The highest BCUT2D eigenvalue weighted by atomic mass is 79.9. The number of carbonyl (C=O) groups is 2. The Bertz CT molecular complexity index is 434. The fourth-order valence-electron chi connectivity index (χ4n) is 1.53. The number of hydrogen-bond acceptors (Lipinski definition) is 3. The van der Waals surface area contributed by atoms with E-state index in [2.05, 4.69) is 21.2 Å². The van der Waals surface area contributed by atoms with Gasteiger partial charge in [0, 0.05) is 11.0 Å². The van der Waals surface area contributed by atoms with E-state index in [1.165, 1.54) is 5.56 Å². The van der Waals surface area contributed by atoms with Crippen molar-refractivity contribution in [3.8, 4) is 0 Å². The maximum atomic E-state index is 11.4. The molecule has 6 heteroatoms. The number of amides is 1. The SMILES string of the molecule is CN(CCc1ccc(Br)cc1)CC(=O)NCC(=O)O. The number of benzene rings is 1. The van der Waals surface area contributed by atoms with E-state index in [9.17, 15) is 9.59 Å². The lowest BCUT2D eigenvalue weighted by molar-refractivity contribution is -0.138. The zero-order chi connectivity index (χ0) is 14.3. The van der Waals surface area contributed by atoms with E-state index in [0.29, 0.717) is 0 Å². The molecule has 0 aliphatic heterocycles. The fraction of sp³-hybridized carbons (Fsp3) is 0.385. The molecule has 1 amide bonds. The van der Waals surface area contributed by atoms with Crippen LogP contribution in [0.1, 0.15) is 5.56 Å². The average Bonchev–Trinajstić information content (AvgIpc) is 2.36. The van der Waals surface area contributed by atoms with Crippen LogP contribution in [0.5, 0.6) is 0 Å². The van der Waals surface area contributed by atoms with Gasteiger partial charge in [0.2, 0.25) is 5.91 Å². The number of hydrogen-bond donors (Lipinski definition) is 2. The highest BCUT2D eigenvalue weighted by Crippen LogP contribution is 2.10. The topological polar surface area (TPSA) is 69.6 Å². The molecule has 0 saturated carbocycles.